The van der Waals surface area contributed by atoms with Crippen LogP contribution in [0.25, 0.3) is 0 Å². The number of rotatable bonds is 4. The van der Waals surface area contributed by atoms with Crippen molar-refractivity contribution in [3.8, 4) is 11.5 Å². The van der Waals surface area contributed by atoms with Crippen molar-refractivity contribution < 1.29 is 4.74 Å². The number of hydrogen-bond donors (Lipinski definition) is 1. The lowest BCUT2D eigenvalue weighted by Crippen LogP contribution is -2.10. The molecule has 0 amide bonds. The average Bonchev–Trinajstić information content (AvgIpc) is 2.41. The second-order valence-electron chi connectivity index (χ2n) is 6.50. The molecule has 0 aliphatic rings. The fourth-order valence-electron chi connectivity index (χ4n) is 2.28. The summed E-state index contributed by atoms with van der Waals surface area (Å²) in [7, 11) is 1.96. The highest BCUT2D eigenvalue weighted by Gasteiger charge is 2.14. The lowest BCUT2D eigenvalue weighted by molar-refractivity contribution is 0.478. The van der Waals surface area contributed by atoms with E-state index in [4.69, 9.17) is 4.74 Å². The van der Waals surface area contributed by atoms with E-state index >= 15 is 0 Å². The predicted octanol–water partition coefficient (Wildman–Crippen LogP) is 4.80. The molecule has 0 saturated heterocycles. The van der Waals surface area contributed by atoms with Crippen LogP contribution in [0.5, 0.6) is 11.5 Å². The highest BCUT2D eigenvalue weighted by atomic mass is 16.5. The van der Waals surface area contributed by atoms with Crippen LogP contribution in [0.15, 0.2) is 42.5 Å². The van der Waals surface area contributed by atoms with E-state index in [2.05, 4.69) is 63.3 Å². The second-order valence-corrected chi connectivity index (χ2v) is 6.50. The van der Waals surface area contributed by atoms with Crippen LogP contribution in [0.1, 0.15) is 37.5 Å². The minimum atomic E-state index is 0.131. The molecule has 0 aliphatic heterocycles. The van der Waals surface area contributed by atoms with Crippen LogP contribution in [0.2, 0.25) is 0 Å². The van der Waals surface area contributed by atoms with E-state index in [1.54, 1.807) is 0 Å². The monoisotopic (exact) mass is 283 g/mol. The molecule has 2 aromatic carbocycles. The molecule has 2 rings (SSSR count). The molecule has 0 unspecified atom stereocenters. The molecule has 2 aromatic rings. The number of aryl methyl sites for hydroxylation is 1. The van der Waals surface area contributed by atoms with Gasteiger partial charge >= 0.3 is 0 Å². The number of nitrogens with one attached hydrogen (secondary N) is 1. The average molecular weight is 283 g/mol. The molecule has 21 heavy (non-hydrogen) atoms. The van der Waals surface area contributed by atoms with Gasteiger partial charge < -0.3 is 10.1 Å². The van der Waals surface area contributed by atoms with Gasteiger partial charge in [-0.15, -0.1) is 0 Å². The van der Waals surface area contributed by atoms with Gasteiger partial charge in [0.05, 0.1) is 0 Å². The first-order valence-corrected chi connectivity index (χ1v) is 7.42. The zero-order valence-corrected chi connectivity index (χ0v) is 13.7. The standard InChI is InChI=1S/C19H25NO/c1-14-11-18(10-9-15(14)13-20-5)21-17-8-6-7-16(12-17)19(2,3)4/h6-12,20H,13H2,1-5H3. The molecule has 1 N–H and O–H groups in total. The SMILES string of the molecule is CNCc1ccc(Oc2cccc(C(C)(C)C)c2)cc1C. The molecule has 0 bridgehead atoms. The van der Waals surface area contributed by atoms with Crippen molar-refractivity contribution in [1.29, 1.82) is 0 Å². The van der Waals surface area contributed by atoms with Crippen LogP contribution in [0, 0.1) is 6.92 Å². The summed E-state index contributed by atoms with van der Waals surface area (Å²) in [6.07, 6.45) is 0. The Morgan fingerprint density at radius 2 is 1.71 bits per heavy atom. The van der Waals surface area contributed by atoms with Crippen molar-refractivity contribution in [2.45, 2.75) is 39.7 Å². The molecule has 0 saturated carbocycles. The largest absolute Gasteiger partial charge is 0.457 e. The molecule has 0 fully saturated rings. The number of hydrogen-bond acceptors (Lipinski definition) is 2. The zero-order valence-electron chi connectivity index (χ0n) is 13.7. The predicted molar refractivity (Wildman–Crippen MR) is 89.2 cm³/mol. The van der Waals surface area contributed by atoms with Crippen molar-refractivity contribution in [2.24, 2.45) is 0 Å². The normalized spacial score (nSPS) is 11.5. The van der Waals surface area contributed by atoms with Crippen molar-refractivity contribution in [3.05, 3.63) is 59.2 Å². The van der Waals surface area contributed by atoms with Gasteiger partial charge in [-0.05, 0) is 60.3 Å². The van der Waals surface area contributed by atoms with Gasteiger partial charge in [0.25, 0.3) is 0 Å². The maximum atomic E-state index is 6.01. The Balaban J connectivity index is 2.20. The van der Waals surface area contributed by atoms with E-state index in [1.807, 2.05) is 19.2 Å². The quantitative estimate of drug-likeness (QED) is 0.870. The van der Waals surface area contributed by atoms with Gasteiger partial charge in [-0.3, -0.25) is 0 Å². The van der Waals surface area contributed by atoms with Gasteiger partial charge in [0.2, 0.25) is 0 Å². The smallest absolute Gasteiger partial charge is 0.127 e. The van der Waals surface area contributed by atoms with E-state index in [1.165, 1.54) is 16.7 Å². The molecule has 112 valence electrons. The van der Waals surface area contributed by atoms with E-state index in [9.17, 15) is 0 Å². The van der Waals surface area contributed by atoms with Crippen LogP contribution >= 0.6 is 0 Å². The Bertz CT molecular complexity index is 611. The second kappa shape index (κ2) is 6.31. The van der Waals surface area contributed by atoms with Crippen molar-refractivity contribution in [3.63, 3.8) is 0 Å². The Kier molecular flexibility index (Phi) is 4.69. The fraction of sp³-hybridized carbons (Fsp3) is 0.368. The van der Waals surface area contributed by atoms with Gasteiger partial charge in [-0.2, -0.15) is 0 Å². The van der Waals surface area contributed by atoms with E-state index < -0.39 is 0 Å². The van der Waals surface area contributed by atoms with E-state index in [-0.39, 0.29) is 5.41 Å². The summed E-state index contributed by atoms with van der Waals surface area (Å²) in [6, 6.07) is 14.6. The summed E-state index contributed by atoms with van der Waals surface area (Å²) in [5.74, 6) is 1.78. The van der Waals surface area contributed by atoms with Crippen LogP contribution in [0.4, 0.5) is 0 Å². The molecule has 0 heterocycles. The summed E-state index contributed by atoms with van der Waals surface area (Å²) in [5.41, 5.74) is 3.96. The first-order valence-electron chi connectivity index (χ1n) is 7.42. The molecule has 0 atom stereocenters. The van der Waals surface area contributed by atoms with Crippen LogP contribution in [-0.2, 0) is 12.0 Å². The van der Waals surface area contributed by atoms with Gasteiger partial charge in [0, 0.05) is 6.54 Å². The van der Waals surface area contributed by atoms with Gasteiger partial charge in [-0.1, -0.05) is 39.0 Å². The molecule has 0 spiro atoms. The summed E-state index contributed by atoms with van der Waals surface area (Å²) >= 11 is 0. The van der Waals surface area contributed by atoms with Crippen LogP contribution < -0.4 is 10.1 Å². The van der Waals surface area contributed by atoms with Crippen LogP contribution in [0.3, 0.4) is 0 Å². The first kappa shape index (κ1) is 15.6. The third-order valence-electron chi connectivity index (χ3n) is 3.62. The molecule has 0 aromatic heterocycles. The summed E-state index contributed by atoms with van der Waals surface area (Å²) < 4.78 is 6.01. The Morgan fingerprint density at radius 3 is 2.33 bits per heavy atom. The number of ether oxygens (including phenoxy) is 1. The summed E-state index contributed by atoms with van der Waals surface area (Å²) in [5, 5.41) is 3.18. The van der Waals surface area contributed by atoms with E-state index in [0.717, 1.165) is 18.0 Å². The zero-order chi connectivity index (χ0) is 15.5. The van der Waals surface area contributed by atoms with Gasteiger partial charge in [0.1, 0.15) is 11.5 Å². The lowest BCUT2D eigenvalue weighted by atomic mass is 9.87. The first-order chi connectivity index (χ1) is 9.90. The van der Waals surface area contributed by atoms with E-state index in [0.29, 0.717) is 0 Å². The maximum Gasteiger partial charge on any atom is 0.127 e. The highest BCUT2D eigenvalue weighted by molar-refractivity contribution is 5.39. The third-order valence-corrected chi connectivity index (χ3v) is 3.62. The Hall–Kier alpha value is -1.80. The molecular weight excluding hydrogens is 258 g/mol. The molecular formula is C19H25NO. The molecule has 0 radical (unpaired) electrons. The Morgan fingerprint density at radius 1 is 1.00 bits per heavy atom. The number of benzene rings is 2. The van der Waals surface area contributed by atoms with Gasteiger partial charge in [0.15, 0.2) is 0 Å². The molecule has 2 heteroatoms. The Labute approximate surface area is 128 Å². The fourth-order valence-corrected chi connectivity index (χ4v) is 2.28. The van der Waals surface area contributed by atoms with Gasteiger partial charge in [-0.25, -0.2) is 0 Å². The highest BCUT2D eigenvalue weighted by Crippen LogP contribution is 2.29. The van der Waals surface area contributed by atoms with Crippen molar-refractivity contribution in [1.82, 2.24) is 5.32 Å². The van der Waals surface area contributed by atoms with Crippen LogP contribution in [-0.4, -0.2) is 7.05 Å². The lowest BCUT2D eigenvalue weighted by Gasteiger charge is -2.19. The molecule has 2 nitrogen and oxygen atoms in total. The summed E-state index contributed by atoms with van der Waals surface area (Å²) in [4.78, 5) is 0. The minimum Gasteiger partial charge on any atom is -0.457 e. The molecule has 0 aliphatic carbocycles. The summed E-state index contributed by atoms with van der Waals surface area (Å²) in [6.45, 7) is 9.63. The topological polar surface area (TPSA) is 21.3 Å². The maximum absolute atomic E-state index is 6.01. The van der Waals surface area contributed by atoms with Crippen molar-refractivity contribution in [2.75, 3.05) is 7.05 Å². The third kappa shape index (κ3) is 4.08. The minimum absolute atomic E-state index is 0.131. The van der Waals surface area contributed by atoms with Crippen molar-refractivity contribution >= 4 is 0 Å².